The highest BCUT2D eigenvalue weighted by molar-refractivity contribution is 5.81. The Balaban J connectivity index is 2.72. The average molecular weight is 320 g/mol. The molecular weight excluding hydrogens is 292 g/mol. The lowest BCUT2D eigenvalue weighted by molar-refractivity contribution is -0.148. The molecule has 1 N–H and O–H groups in total. The third kappa shape index (κ3) is 7.84. The monoisotopic (exact) mass is 320 g/mol. The minimum Gasteiger partial charge on any atom is -0.493 e. The first-order chi connectivity index (χ1) is 10.7. The van der Waals surface area contributed by atoms with Crippen molar-refractivity contribution in [1.29, 1.82) is 0 Å². The molecule has 0 aliphatic heterocycles. The summed E-state index contributed by atoms with van der Waals surface area (Å²) in [7, 11) is 0. The lowest BCUT2D eigenvalue weighted by Crippen LogP contribution is -2.22. The van der Waals surface area contributed by atoms with Gasteiger partial charge in [-0.15, -0.1) is 0 Å². The van der Waals surface area contributed by atoms with Crippen LogP contribution >= 0.6 is 0 Å². The Morgan fingerprint density at radius 1 is 1.22 bits per heavy atom. The standard InChI is InChI=1S/C19H28O4/c1-14(2)16(20)13-17(15-9-7-6-8-10-15)22-12-11-18(21)23-19(3,4)5/h6-12,14,16-17,20H,13H2,1-5H3/b12-11+/t16-,17-/m0/s1. The van der Waals surface area contributed by atoms with Crippen LogP contribution in [-0.4, -0.2) is 22.8 Å². The Morgan fingerprint density at radius 2 is 1.83 bits per heavy atom. The normalized spacial score (nSPS) is 14.7. The summed E-state index contributed by atoms with van der Waals surface area (Å²) in [6.45, 7) is 9.36. The van der Waals surface area contributed by atoms with Gasteiger partial charge in [0.25, 0.3) is 0 Å². The van der Waals surface area contributed by atoms with Crippen LogP contribution in [-0.2, 0) is 14.3 Å². The molecule has 0 spiro atoms. The summed E-state index contributed by atoms with van der Waals surface area (Å²) in [6.07, 6.45) is 2.28. The van der Waals surface area contributed by atoms with Crippen molar-refractivity contribution in [1.82, 2.24) is 0 Å². The average Bonchev–Trinajstić information content (AvgIpc) is 2.45. The van der Waals surface area contributed by atoms with E-state index in [0.717, 1.165) is 5.56 Å². The summed E-state index contributed by atoms with van der Waals surface area (Å²) in [5.41, 5.74) is 0.426. The molecule has 1 rings (SSSR count). The van der Waals surface area contributed by atoms with Crippen molar-refractivity contribution >= 4 is 5.97 Å². The molecule has 128 valence electrons. The maximum absolute atomic E-state index is 11.7. The largest absolute Gasteiger partial charge is 0.493 e. The Morgan fingerprint density at radius 3 is 2.35 bits per heavy atom. The molecule has 1 aromatic rings. The predicted molar refractivity (Wildman–Crippen MR) is 90.7 cm³/mol. The van der Waals surface area contributed by atoms with Gasteiger partial charge in [0.2, 0.25) is 0 Å². The summed E-state index contributed by atoms with van der Waals surface area (Å²) in [5, 5.41) is 10.1. The summed E-state index contributed by atoms with van der Waals surface area (Å²) in [5.74, 6) is -0.312. The van der Waals surface area contributed by atoms with Gasteiger partial charge in [0.05, 0.1) is 18.4 Å². The second-order valence-corrected chi connectivity index (χ2v) is 6.92. The fourth-order valence-electron chi connectivity index (χ4n) is 1.95. The first kappa shape index (κ1) is 19.2. The van der Waals surface area contributed by atoms with E-state index in [0.29, 0.717) is 6.42 Å². The van der Waals surface area contributed by atoms with Crippen LogP contribution in [0.2, 0.25) is 0 Å². The molecule has 23 heavy (non-hydrogen) atoms. The summed E-state index contributed by atoms with van der Waals surface area (Å²) in [4.78, 5) is 11.7. The molecule has 0 amide bonds. The van der Waals surface area contributed by atoms with E-state index in [-0.39, 0.29) is 12.0 Å². The molecule has 0 saturated carbocycles. The van der Waals surface area contributed by atoms with Gasteiger partial charge in [-0.2, -0.15) is 0 Å². The highest BCUT2D eigenvalue weighted by Gasteiger charge is 2.19. The number of hydrogen-bond acceptors (Lipinski definition) is 4. The second kappa shape index (κ2) is 8.73. The van der Waals surface area contributed by atoms with E-state index >= 15 is 0 Å². The van der Waals surface area contributed by atoms with Gasteiger partial charge in [0, 0.05) is 6.42 Å². The van der Waals surface area contributed by atoms with E-state index in [1.807, 2.05) is 65.0 Å². The molecule has 0 aliphatic rings. The zero-order valence-corrected chi connectivity index (χ0v) is 14.7. The van der Waals surface area contributed by atoms with Gasteiger partial charge in [0.1, 0.15) is 11.7 Å². The number of rotatable bonds is 7. The first-order valence-corrected chi connectivity index (χ1v) is 7.97. The Bertz CT molecular complexity index is 500. The van der Waals surface area contributed by atoms with Crippen molar-refractivity contribution in [3.8, 4) is 0 Å². The van der Waals surface area contributed by atoms with Gasteiger partial charge in [-0.3, -0.25) is 0 Å². The molecule has 0 aromatic heterocycles. The van der Waals surface area contributed by atoms with Crippen LogP contribution < -0.4 is 0 Å². The van der Waals surface area contributed by atoms with Gasteiger partial charge < -0.3 is 14.6 Å². The van der Waals surface area contributed by atoms with Crippen molar-refractivity contribution < 1.29 is 19.4 Å². The van der Waals surface area contributed by atoms with Crippen LogP contribution in [0.5, 0.6) is 0 Å². The van der Waals surface area contributed by atoms with E-state index in [4.69, 9.17) is 9.47 Å². The smallest absolute Gasteiger partial charge is 0.334 e. The summed E-state index contributed by atoms with van der Waals surface area (Å²) >= 11 is 0. The maximum atomic E-state index is 11.7. The molecule has 0 heterocycles. The lowest BCUT2D eigenvalue weighted by Gasteiger charge is -2.22. The molecule has 0 aliphatic carbocycles. The van der Waals surface area contributed by atoms with Crippen LogP contribution in [0.25, 0.3) is 0 Å². The van der Waals surface area contributed by atoms with E-state index in [9.17, 15) is 9.90 Å². The Labute approximate surface area is 139 Å². The topological polar surface area (TPSA) is 55.8 Å². The van der Waals surface area contributed by atoms with Gasteiger partial charge in [0.15, 0.2) is 0 Å². The molecule has 4 nitrogen and oxygen atoms in total. The minimum atomic E-state index is -0.534. The summed E-state index contributed by atoms with van der Waals surface area (Å²) < 4.78 is 10.9. The second-order valence-electron chi connectivity index (χ2n) is 6.92. The quantitative estimate of drug-likeness (QED) is 0.468. The molecule has 0 bridgehead atoms. The van der Waals surface area contributed by atoms with Gasteiger partial charge >= 0.3 is 5.97 Å². The molecular formula is C19H28O4. The maximum Gasteiger partial charge on any atom is 0.334 e. The number of ether oxygens (including phenoxy) is 2. The van der Waals surface area contributed by atoms with Crippen molar-refractivity contribution in [2.45, 2.75) is 58.8 Å². The number of aliphatic hydroxyl groups excluding tert-OH is 1. The molecule has 4 heteroatoms. The first-order valence-electron chi connectivity index (χ1n) is 7.97. The zero-order chi connectivity index (χ0) is 17.5. The van der Waals surface area contributed by atoms with Crippen LogP contribution in [0.3, 0.4) is 0 Å². The van der Waals surface area contributed by atoms with Crippen molar-refractivity contribution in [2.24, 2.45) is 5.92 Å². The molecule has 0 fully saturated rings. The molecule has 0 unspecified atom stereocenters. The van der Waals surface area contributed by atoms with E-state index in [1.165, 1.54) is 12.3 Å². The van der Waals surface area contributed by atoms with Crippen molar-refractivity contribution in [3.63, 3.8) is 0 Å². The fourth-order valence-corrected chi connectivity index (χ4v) is 1.95. The van der Waals surface area contributed by atoms with Crippen molar-refractivity contribution in [3.05, 3.63) is 48.2 Å². The van der Waals surface area contributed by atoms with E-state index in [1.54, 1.807) is 0 Å². The zero-order valence-electron chi connectivity index (χ0n) is 14.7. The van der Waals surface area contributed by atoms with Crippen LogP contribution in [0.4, 0.5) is 0 Å². The molecule has 2 atom stereocenters. The van der Waals surface area contributed by atoms with Crippen LogP contribution in [0.15, 0.2) is 42.7 Å². The van der Waals surface area contributed by atoms with E-state index < -0.39 is 17.7 Å². The minimum absolute atomic E-state index is 0.139. The third-order valence-electron chi connectivity index (χ3n) is 3.25. The van der Waals surface area contributed by atoms with Gasteiger partial charge in [-0.1, -0.05) is 44.2 Å². The van der Waals surface area contributed by atoms with Crippen molar-refractivity contribution in [2.75, 3.05) is 0 Å². The highest BCUT2D eigenvalue weighted by Crippen LogP contribution is 2.25. The Hall–Kier alpha value is -1.81. The number of esters is 1. The number of carbonyl (C=O) groups is 1. The number of hydrogen-bond donors (Lipinski definition) is 1. The SMILES string of the molecule is CC(C)[C@@H](O)C[C@H](O/C=C/C(=O)OC(C)(C)C)c1ccccc1. The number of aliphatic hydroxyl groups is 1. The Kier molecular flexibility index (Phi) is 7.30. The molecule has 0 saturated heterocycles. The molecule has 0 radical (unpaired) electrons. The predicted octanol–water partition coefficient (Wildman–Crippen LogP) is 4.01. The number of benzene rings is 1. The lowest BCUT2D eigenvalue weighted by atomic mass is 9.97. The highest BCUT2D eigenvalue weighted by atomic mass is 16.6. The van der Waals surface area contributed by atoms with Crippen LogP contribution in [0.1, 0.15) is 52.7 Å². The summed E-state index contributed by atoms with van der Waals surface area (Å²) in [6, 6.07) is 9.66. The van der Waals surface area contributed by atoms with E-state index in [2.05, 4.69) is 0 Å². The fraction of sp³-hybridized carbons (Fsp3) is 0.526. The van der Waals surface area contributed by atoms with Gasteiger partial charge in [-0.25, -0.2) is 4.79 Å². The van der Waals surface area contributed by atoms with Crippen LogP contribution in [0, 0.1) is 5.92 Å². The molecule has 1 aromatic carbocycles. The number of carbonyl (C=O) groups excluding carboxylic acids is 1. The van der Waals surface area contributed by atoms with Gasteiger partial charge in [-0.05, 0) is 32.3 Å². The third-order valence-corrected chi connectivity index (χ3v) is 3.25.